The van der Waals surface area contributed by atoms with Gasteiger partial charge in [-0.25, -0.2) is 14.2 Å². The van der Waals surface area contributed by atoms with Crippen molar-refractivity contribution in [2.75, 3.05) is 0 Å². The quantitative estimate of drug-likeness (QED) is 0.364. The SMILES string of the molecule is O=C(O)/C=N/OC(c1ccc(OCc2ccc3cc(F)ccc3n2)cc1)C1CCCCC1. The van der Waals surface area contributed by atoms with Gasteiger partial charge in [-0.05, 0) is 54.8 Å². The van der Waals surface area contributed by atoms with Crippen molar-refractivity contribution in [2.24, 2.45) is 11.1 Å². The number of rotatable bonds is 8. The smallest absolute Gasteiger partial charge is 0.350 e. The number of benzene rings is 2. The molecule has 0 amide bonds. The van der Waals surface area contributed by atoms with Crippen molar-refractivity contribution in [1.82, 2.24) is 4.98 Å². The van der Waals surface area contributed by atoms with E-state index in [9.17, 15) is 9.18 Å². The molecule has 1 N–H and O–H groups in total. The highest BCUT2D eigenvalue weighted by molar-refractivity contribution is 6.21. The summed E-state index contributed by atoms with van der Waals surface area (Å²) < 4.78 is 19.2. The summed E-state index contributed by atoms with van der Waals surface area (Å²) in [6, 6.07) is 15.8. The lowest BCUT2D eigenvalue weighted by Gasteiger charge is -2.28. The molecule has 32 heavy (non-hydrogen) atoms. The van der Waals surface area contributed by atoms with Crippen LogP contribution in [0.25, 0.3) is 10.9 Å². The minimum absolute atomic E-state index is 0.285. The first-order valence-corrected chi connectivity index (χ1v) is 10.8. The van der Waals surface area contributed by atoms with Gasteiger partial charge in [0.1, 0.15) is 18.2 Å². The molecule has 1 unspecified atom stereocenters. The van der Waals surface area contributed by atoms with E-state index < -0.39 is 5.97 Å². The Hall–Kier alpha value is -3.48. The van der Waals surface area contributed by atoms with Gasteiger partial charge < -0.3 is 14.7 Å². The summed E-state index contributed by atoms with van der Waals surface area (Å²) >= 11 is 0. The lowest BCUT2D eigenvalue weighted by atomic mass is 9.83. The standard InChI is InChI=1S/C25H25FN2O4/c26-20-9-13-23-19(14-20)6-10-21(28-23)16-31-22-11-7-18(8-12-22)25(32-27-15-24(29)30)17-4-2-1-3-5-17/h6-15,17,25H,1-5,16H2,(H,29,30)/b27-15+. The van der Waals surface area contributed by atoms with E-state index in [1.54, 1.807) is 6.07 Å². The van der Waals surface area contributed by atoms with E-state index in [4.69, 9.17) is 14.7 Å². The Bertz CT molecular complexity index is 1090. The molecular weight excluding hydrogens is 411 g/mol. The molecule has 1 aliphatic carbocycles. The van der Waals surface area contributed by atoms with Gasteiger partial charge in [-0.3, -0.25) is 0 Å². The van der Waals surface area contributed by atoms with Crippen LogP contribution in [0.5, 0.6) is 5.75 Å². The van der Waals surface area contributed by atoms with E-state index in [0.29, 0.717) is 11.7 Å². The number of fused-ring (bicyclic) bond motifs is 1. The topological polar surface area (TPSA) is 81.0 Å². The number of carbonyl (C=O) groups is 1. The number of aromatic nitrogens is 1. The van der Waals surface area contributed by atoms with Gasteiger partial charge in [-0.1, -0.05) is 42.6 Å². The average Bonchev–Trinajstić information content (AvgIpc) is 2.81. The molecule has 2 aromatic carbocycles. The van der Waals surface area contributed by atoms with Crippen molar-refractivity contribution in [2.45, 2.75) is 44.8 Å². The van der Waals surface area contributed by atoms with Crippen LogP contribution in [-0.2, 0) is 16.2 Å². The van der Waals surface area contributed by atoms with Gasteiger partial charge in [0, 0.05) is 11.3 Å². The number of nitrogens with zero attached hydrogens (tertiary/aromatic N) is 2. The van der Waals surface area contributed by atoms with Crippen LogP contribution >= 0.6 is 0 Å². The minimum atomic E-state index is -1.14. The zero-order valence-electron chi connectivity index (χ0n) is 17.6. The minimum Gasteiger partial charge on any atom is -0.487 e. The third kappa shape index (κ3) is 5.60. The molecule has 0 saturated heterocycles. The van der Waals surface area contributed by atoms with Crippen LogP contribution in [0.15, 0.2) is 59.8 Å². The Morgan fingerprint density at radius 3 is 2.66 bits per heavy atom. The van der Waals surface area contributed by atoms with Crippen LogP contribution in [0.3, 0.4) is 0 Å². The lowest BCUT2D eigenvalue weighted by Crippen LogP contribution is -2.18. The van der Waals surface area contributed by atoms with Crippen LogP contribution in [0, 0.1) is 11.7 Å². The molecular formula is C25H25FN2O4. The largest absolute Gasteiger partial charge is 0.487 e. The van der Waals surface area contributed by atoms with Crippen LogP contribution < -0.4 is 4.74 Å². The molecule has 1 heterocycles. The number of aliphatic carboxylic acids is 1. The van der Waals surface area contributed by atoms with E-state index in [1.807, 2.05) is 36.4 Å². The maximum absolute atomic E-state index is 13.3. The second kappa shape index (κ2) is 10.2. The van der Waals surface area contributed by atoms with Crippen molar-refractivity contribution in [3.63, 3.8) is 0 Å². The fraction of sp³-hybridized carbons (Fsp3) is 0.320. The molecule has 4 rings (SSSR count). The average molecular weight is 436 g/mol. The van der Waals surface area contributed by atoms with Crippen LogP contribution in [0.1, 0.15) is 49.5 Å². The van der Waals surface area contributed by atoms with Gasteiger partial charge in [0.25, 0.3) is 0 Å². The van der Waals surface area contributed by atoms with Gasteiger partial charge in [-0.15, -0.1) is 0 Å². The Labute approximate surface area is 185 Å². The second-order valence-electron chi connectivity index (χ2n) is 7.99. The highest BCUT2D eigenvalue weighted by Gasteiger charge is 2.27. The zero-order chi connectivity index (χ0) is 22.3. The summed E-state index contributed by atoms with van der Waals surface area (Å²) in [6.45, 7) is 0.290. The van der Waals surface area contributed by atoms with Crippen LogP contribution in [-0.4, -0.2) is 22.3 Å². The van der Waals surface area contributed by atoms with Crippen molar-refractivity contribution in [3.05, 3.63) is 71.7 Å². The van der Waals surface area contributed by atoms with E-state index in [1.165, 1.54) is 18.6 Å². The molecule has 0 radical (unpaired) electrons. The van der Waals surface area contributed by atoms with E-state index in [2.05, 4.69) is 10.1 Å². The fourth-order valence-corrected chi connectivity index (χ4v) is 4.13. The summed E-state index contributed by atoms with van der Waals surface area (Å²) in [7, 11) is 0. The van der Waals surface area contributed by atoms with Crippen molar-refractivity contribution < 1.29 is 23.9 Å². The lowest BCUT2D eigenvalue weighted by molar-refractivity contribution is -0.129. The number of pyridine rings is 1. The van der Waals surface area contributed by atoms with E-state index >= 15 is 0 Å². The van der Waals surface area contributed by atoms with E-state index in [-0.39, 0.29) is 18.5 Å². The van der Waals surface area contributed by atoms with Gasteiger partial charge in [-0.2, -0.15) is 0 Å². The normalized spacial score (nSPS) is 15.7. The number of carboxylic acid groups (broad SMARTS) is 1. The monoisotopic (exact) mass is 436 g/mol. The van der Waals surface area contributed by atoms with Crippen LogP contribution in [0.2, 0.25) is 0 Å². The molecule has 0 aliphatic heterocycles. The molecule has 166 valence electrons. The zero-order valence-corrected chi connectivity index (χ0v) is 17.6. The number of ether oxygens (including phenoxy) is 1. The maximum atomic E-state index is 13.3. The van der Waals surface area contributed by atoms with Crippen LogP contribution in [0.4, 0.5) is 4.39 Å². The first kappa shape index (κ1) is 21.7. The third-order valence-electron chi connectivity index (χ3n) is 5.72. The van der Waals surface area contributed by atoms with Crippen molar-refractivity contribution in [1.29, 1.82) is 0 Å². The molecule has 1 aromatic heterocycles. The summed E-state index contributed by atoms with van der Waals surface area (Å²) in [5, 5.41) is 13.2. The Morgan fingerprint density at radius 2 is 1.91 bits per heavy atom. The highest BCUT2D eigenvalue weighted by atomic mass is 19.1. The Morgan fingerprint density at radius 1 is 1.12 bits per heavy atom. The predicted octanol–water partition coefficient (Wildman–Crippen LogP) is 5.66. The Kier molecular flexibility index (Phi) is 6.94. The molecule has 3 aromatic rings. The molecule has 0 spiro atoms. The first-order chi connectivity index (χ1) is 15.6. The van der Waals surface area contributed by atoms with Gasteiger partial charge in [0.2, 0.25) is 0 Å². The Balaban J connectivity index is 1.43. The summed E-state index contributed by atoms with van der Waals surface area (Å²) in [5.74, 6) is -0.435. The van der Waals surface area contributed by atoms with Crippen molar-refractivity contribution >= 4 is 23.1 Å². The predicted molar refractivity (Wildman–Crippen MR) is 119 cm³/mol. The molecule has 0 bridgehead atoms. The molecule has 7 heteroatoms. The molecule has 1 atom stereocenters. The number of hydrogen-bond acceptors (Lipinski definition) is 5. The molecule has 6 nitrogen and oxygen atoms in total. The summed E-state index contributed by atoms with van der Waals surface area (Å²) in [5.41, 5.74) is 2.41. The van der Waals surface area contributed by atoms with Gasteiger partial charge in [0.15, 0.2) is 12.3 Å². The summed E-state index contributed by atoms with van der Waals surface area (Å²) in [4.78, 5) is 20.9. The first-order valence-electron chi connectivity index (χ1n) is 10.8. The molecule has 1 aliphatic rings. The van der Waals surface area contributed by atoms with Gasteiger partial charge >= 0.3 is 5.97 Å². The number of oxime groups is 1. The maximum Gasteiger partial charge on any atom is 0.350 e. The third-order valence-corrected chi connectivity index (χ3v) is 5.72. The fourth-order valence-electron chi connectivity index (χ4n) is 4.13. The highest BCUT2D eigenvalue weighted by Crippen LogP contribution is 2.37. The number of carboxylic acids is 1. The van der Waals surface area contributed by atoms with E-state index in [0.717, 1.165) is 54.1 Å². The van der Waals surface area contributed by atoms with Crippen molar-refractivity contribution in [3.8, 4) is 5.75 Å². The molecule has 1 fully saturated rings. The molecule has 1 saturated carbocycles. The second-order valence-corrected chi connectivity index (χ2v) is 7.99. The van der Waals surface area contributed by atoms with Gasteiger partial charge in [0.05, 0.1) is 11.2 Å². The number of halogens is 1. The number of hydrogen-bond donors (Lipinski definition) is 1. The summed E-state index contributed by atoms with van der Waals surface area (Å²) in [6.07, 6.45) is 6.04.